The van der Waals surface area contributed by atoms with Crippen LogP contribution in [0.25, 0.3) is 21.7 Å². The number of hydrogen-bond acceptors (Lipinski definition) is 1. The van der Waals surface area contributed by atoms with Crippen molar-refractivity contribution in [2.75, 3.05) is 0 Å². The molecule has 1 nitrogen and oxygen atoms in total. The lowest BCUT2D eigenvalue weighted by molar-refractivity contribution is 1.51. The molecule has 0 bridgehead atoms. The van der Waals surface area contributed by atoms with E-state index in [1.54, 1.807) is 0 Å². The fourth-order valence-electron chi connectivity index (χ4n) is 1.90. The Morgan fingerprint density at radius 3 is 2.13 bits per heavy atom. The monoisotopic (exact) mass is 206 g/mol. The maximum absolute atomic E-state index is 4.52. The third kappa shape index (κ3) is 1.26. The molecule has 3 rings (SSSR count). The predicted molar refractivity (Wildman–Crippen MR) is 64.6 cm³/mol. The standard InChI is InChI=1S/C13H8NSi/c15-13-11-7-2-1-5-9(11)10-6-3-4-8-12(10)14-13/h1-8H. The Morgan fingerprint density at radius 2 is 1.33 bits per heavy atom. The van der Waals surface area contributed by atoms with Gasteiger partial charge in [0.15, 0.2) is 0 Å². The first kappa shape index (κ1) is 8.62. The fourth-order valence-corrected chi connectivity index (χ4v) is 2.24. The van der Waals surface area contributed by atoms with Gasteiger partial charge in [0.1, 0.15) is 10.2 Å². The fraction of sp³-hybridized carbons (Fsp3) is 0. The number of aromatic nitrogens is 1. The molecule has 0 atom stereocenters. The van der Waals surface area contributed by atoms with Crippen molar-refractivity contribution in [2.24, 2.45) is 0 Å². The number of rotatable bonds is 0. The van der Waals surface area contributed by atoms with Gasteiger partial charge in [-0.2, -0.15) is 0 Å². The first-order chi connectivity index (χ1) is 7.36. The van der Waals surface area contributed by atoms with Crippen molar-refractivity contribution in [2.45, 2.75) is 0 Å². The lowest BCUT2D eigenvalue weighted by Gasteiger charge is -2.05. The molecule has 2 heteroatoms. The van der Waals surface area contributed by atoms with E-state index in [-0.39, 0.29) is 0 Å². The Kier molecular flexibility index (Phi) is 1.82. The Bertz CT molecular complexity index is 646. The molecular weight excluding hydrogens is 198 g/mol. The number of pyridine rings is 1. The third-order valence-corrected chi connectivity index (χ3v) is 2.99. The molecule has 0 aliphatic rings. The highest BCUT2D eigenvalue weighted by atomic mass is 28.1. The molecule has 0 N–H and O–H groups in total. The molecule has 1 aromatic heterocycles. The highest BCUT2D eigenvalue weighted by Gasteiger charge is 2.02. The second kappa shape index (κ2) is 3.17. The SMILES string of the molecule is [Si]c1nc2ccccc2c2ccccc12. The van der Waals surface area contributed by atoms with Crippen LogP contribution in [0.5, 0.6) is 0 Å². The van der Waals surface area contributed by atoms with Gasteiger partial charge in [-0.1, -0.05) is 42.5 Å². The summed E-state index contributed by atoms with van der Waals surface area (Å²) in [4.78, 5) is 4.52. The van der Waals surface area contributed by atoms with E-state index in [0.29, 0.717) is 0 Å². The maximum Gasteiger partial charge on any atom is 0.100 e. The Balaban J connectivity index is 2.64. The molecule has 0 unspecified atom stereocenters. The summed E-state index contributed by atoms with van der Waals surface area (Å²) in [6, 6.07) is 16.5. The van der Waals surface area contributed by atoms with E-state index in [0.717, 1.165) is 16.2 Å². The van der Waals surface area contributed by atoms with Gasteiger partial charge in [0, 0.05) is 10.7 Å². The van der Waals surface area contributed by atoms with Crippen LogP contribution >= 0.6 is 0 Å². The maximum atomic E-state index is 4.52. The normalized spacial score (nSPS) is 11.0. The van der Waals surface area contributed by atoms with Gasteiger partial charge in [0.25, 0.3) is 0 Å². The zero-order chi connectivity index (χ0) is 10.3. The highest BCUT2D eigenvalue weighted by molar-refractivity contribution is 6.38. The summed E-state index contributed by atoms with van der Waals surface area (Å²) in [5.41, 5.74) is 1.03. The molecule has 3 aromatic rings. The molecule has 3 radical (unpaired) electrons. The van der Waals surface area contributed by atoms with E-state index in [9.17, 15) is 0 Å². The van der Waals surface area contributed by atoms with Crippen LogP contribution in [-0.4, -0.2) is 15.2 Å². The molecule has 0 fully saturated rings. The largest absolute Gasteiger partial charge is 0.258 e. The van der Waals surface area contributed by atoms with Crippen molar-refractivity contribution >= 4 is 37.2 Å². The molecule has 0 saturated heterocycles. The summed E-state index contributed by atoms with van der Waals surface area (Å²) in [6.45, 7) is 0. The van der Waals surface area contributed by atoms with Crippen molar-refractivity contribution in [1.82, 2.24) is 4.98 Å². The van der Waals surface area contributed by atoms with Gasteiger partial charge >= 0.3 is 0 Å². The van der Waals surface area contributed by atoms with E-state index in [1.165, 1.54) is 10.8 Å². The number of benzene rings is 2. The van der Waals surface area contributed by atoms with Gasteiger partial charge < -0.3 is 0 Å². The van der Waals surface area contributed by atoms with Crippen LogP contribution in [0.4, 0.5) is 0 Å². The van der Waals surface area contributed by atoms with Gasteiger partial charge in [0.2, 0.25) is 0 Å². The molecule has 0 saturated carbocycles. The molecule has 0 aliphatic carbocycles. The van der Waals surface area contributed by atoms with E-state index in [1.807, 2.05) is 24.3 Å². The zero-order valence-electron chi connectivity index (χ0n) is 8.07. The van der Waals surface area contributed by atoms with Crippen LogP contribution in [0.1, 0.15) is 0 Å². The number of para-hydroxylation sites is 1. The molecule has 0 spiro atoms. The minimum absolute atomic E-state index is 0.907. The summed E-state index contributed by atoms with van der Waals surface area (Å²) in [7, 11) is 3.56. The van der Waals surface area contributed by atoms with Gasteiger partial charge in [-0.15, -0.1) is 0 Å². The van der Waals surface area contributed by atoms with Crippen molar-refractivity contribution in [3.8, 4) is 0 Å². The topological polar surface area (TPSA) is 12.9 Å². The van der Waals surface area contributed by atoms with Crippen molar-refractivity contribution < 1.29 is 0 Å². The summed E-state index contributed by atoms with van der Waals surface area (Å²) in [6.07, 6.45) is 0. The quantitative estimate of drug-likeness (QED) is 0.406. The second-order valence-corrected chi connectivity index (χ2v) is 4.00. The lowest BCUT2D eigenvalue weighted by atomic mass is 10.1. The Morgan fingerprint density at radius 1 is 0.733 bits per heavy atom. The zero-order valence-corrected chi connectivity index (χ0v) is 9.07. The summed E-state index contributed by atoms with van der Waals surface area (Å²) in [5, 5.41) is 4.51. The minimum atomic E-state index is 0.907. The minimum Gasteiger partial charge on any atom is -0.258 e. The lowest BCUT2D eigenvalue weighted by Crippen LogP contribution is -2.09. The summed E-state index contributed by atoms with van der Waals surface area (Å²) in [5.74, 6) is 0. The highest BCUT2D eigenvalue weighted by Crippen LogP contribution is 2.21. The van der Waals surface area contributed by atoms with Crippen LogP contribution in [-0.2, 0) is 0 Å². The van der Waals surface area contributed by atoms with Gasteiger partial charge in [-0.3, -0.25) is 4.98 Å². The van der Waals surface area contributed by atoms with E-state index >= 15 is 0 Å². The molecule has 15 heavy (non-hydrogen) atoms. The first-order valence-corrected chi connectivity index (χ1v) is 5.35. The Labute approximate surface area is 91.2 Å². The van der Waals surface area contributed by atoms with Crippen LogP contribution in [0.3, 0.4) is 0 Å². The first-order valence-electron chi connectivity index (χ1n) is 4.85. The van der Waals surface area contributed by atoms with E-state index in [2.05, 4.69) is 39.5 Å². The van der Waals surface area contributed by atoms with Gasteiger partial charge in [-0.25, -0.2) is 0 Å². The van der Waals surface area contributed by atoms with Crippen LogP contribution in [0, 0.1) is 0 Å². The third-order valence-electron chi connectivity index (χ3n) is 2.61. The number of hydrogen-bond donors (Lipinski definition) is 0. The molecule has 69 valence electrons. The molecule has 2 aromatic carbocycles. The predicted octanol–water partition coefficient (Wildman–Crippen LogP) is 2.18. The average molecular weight is 206 g/mol. The summed E-state index contributed by atoms with van der Waals surface area (Å²) < 4.78 is 0. The molecular formula is C13H8NSi. The van der Waals surface area contributed by atoms with Gasteiger partial charge in [0.05, 0.1) is 5.52 Å². The summed E-state index contributed by atoms with van der Waals surface area (Å²) >= 11 is 0. The smallest absolute Gasteiger partial charge is 0.100 e. The molecule has 0 amide bonds. The van der Waals surface area contributed by atoms with Crippen LogP contribution in [0.2, 0.25) is 0 Å². The van der Waals surface area contributed by atoms with Crippen LogP contribution < -0.4 is 5.32 Å². The van der Waals surface area contributed by atoms with Crippen molar-refractivity contribution in [3.63, 3.8) is 0 Å². The molecule has 0 aliphatic heterocycles. The van der Waals surface area contributed by atoms with E-state index in [4.69, 9.17) is 0 Å². The number of fused-ring (bicyclic) bond motifs is 3. The van der Waals surface area contributed by atoms with Crippen LogP contribution in [0.15, 0.2) is 48.5 Å². The average Bonchev–Trinajstić information content (AvgIpc) is 2.30. The van der Waals surface area contributed by atoms with E-state index < -0.39 is 0 Å². The Hall–Kier alpha value is -1.67. The van der Waals surface area contributed by atoms with Crippen molar-refractivity contribution in [1.29, 1.82) is 0 Å². The van der Waals surface area contributed by atoms with Gasteiger partial charge in [-0.05, 0) is 16.8 Å². The van der Waals surface area contributed by atoms with Crippen molar-refractivity contribution in [3.05, 3.63) is 48.5 Å². The second-order valence-electron chi connectivity index (χ2n) is 3.52. The molecule has 1 heterocycles. The number of nitrogens with zero attached hydrogens (tertiary/aromatic N) is 1.